The minimum atomic E-state index is -1.30. The molecule has 0 bridgehead atoms. The van der Waals surface area contributed by atoms with Crippen LogP contribution in [-0.2, 0) is 19.1 Å². The molecular weight excluding hydrogens is 466 g/mol. The van der Waals surface area contributed by atoms with Gasteiger partial charge in [0.15, 0.2) is 0 Å². The Balaban J connectivity index is 1.71. The van der Waals surface area contributed by atoms with E-state index in [0.29, 0.717) is 37.1 Å². The minimum absolute atomic E-state index is 0.0123. The van der Waals surface area contributed by atoms with E-state index in [9.17, 15) is 24.5 Å². The number of esters is 1. The van der Waals surface area contributed by atoms with Crippen molar-refractivity contribution < 1.29 is 28.8 Å². The standard InChI is InChI=1S/C26H31N3O7/c1-17-10-11-20(21(16-17)29(33)34)27-23(30)22(18-8-6-5-7-9-18)35-24(31)19-12-14-28(15-13-19)25(32)36-26(2,3)4/h5-11,16,19,22H,12-15H2,1-4H3,(H,27,30). The van der Waals surface area contributed by atoms with Crippen LogP contribution in [0, 0.1) is 23.0 Å². The van der Waals surface area contributed by atoms with E-state index in [0.717, 1.165) is 0 Å². The predicted molar refractivity (Wildman–Crippen MR) is 132 cm³/mol. The number of hydrogen-bond donors (Lipinski definition) is 1. The van der Waals surface area contributed by atoms with Crippen molar-refractivity contribution in [1.82, 2.24) is 4.90 Å². The molecule has 1 fully saturated rings. The van der Waals surface area contributed by atoms with E-state index in [-0.39, 0.29) is 11.4 Å². The second-order valence-corrected chi connectivity index (χ2v) is 9.74. The highest BCUT2D eigenvalue weighted by Gasteiger charge is 2.34. The van der Waals surface area contributed by atoms with Crippen LogP contribution in [0.3, 0.4) is 0 Å². The van der Waals surface area contributed by atoms with E-state index in [1.54, 1.807) is 69.0 Å². The number of likely N-dealkylation sites (tertiary alicyclic amines) is 1. The van der Waals surface area contributed by atoms with E-state index < -0.39 is 40.5 Å². The molecule has 0 aromatic heterocycles. The van der Waals surface area contributed by atoms with Gasteiger partial charge in [0.05, 0.1) is 10.8 Å². The second-order valence-electron chi connectivity index (χ2n) is 9.74. The zero-order chi connectivity index (χ0) is 26.5. The van der Waals surface area contributed by atoms with E-state index in [4.69, 9.17) is 9.47 Å². The number of nitro benzene ring substituents is 1. The van der Waals surface area contributed by atoms with E-state index in [2.05, 4.69) is 5.32 Å². The molecule has 36 heavy (non-hydrogen) atoms. The molecule has 10 heteroatoms. The fourth-order valence-corrected chi connectivity index (χ4v) is 3.83. The molecule has 1 unspecified atom stereocenters. The van der Waals surface area contributed by atoms with Gasteiger partial charge in [0, 0.05) is 24.7 Å². The van der Waals surface area contributed by atoms with Crippen LogP contribution in [0.2, 0.25) is 0 Å². The van der Waals surface area contributed by atoms with Gasteiger partial charge in [0.25, 0.3) is 11.6 Å². The highest BCUT2D eigenvalue weighted by molar-refractivity contribution is 5.98. The number of carbonyl (C=O) groups is 3. The maximum Gasteiger partial charge on any atom is 0.410 e. The fourth-order valence-electron chi connectivity index (χ4n) is 3.83. The lowest BCUT2D eigenvalue weighted by molar-refractivity contribution is -0.384. The second kappa shape index (κ2) is 11.2. The number of amides is 2. The number of piperidine rings is 1. The number of aryl methyl sites for hydroxylation is 1. The Kier molecular flexibility index (Phi) is 8.29. The molecule has 1 aliphatic heterocycles. The van der Waals surface area contributed by atoms with Crippen LogP contribution in [0.4, 0.5) is 16.2 Å². The van der Waals surface area contributed by atoms with Crippen LogP contribution in [0.1, 0.15) is 50.8 Å². The lowest BCUT2D eigenvalue weighted by Crippen LogP contribution is -2.43. The summed E-state index contributed by atoms with van der Waals surface area (Å²) in [6.07, 6.45) is -1.01. The molecule has 0 aliphatic carbocycles. The zero-order valence-electron chi connectivity index (χ0n) is 20.9. The van der Waals surface area contributed by atoms with Gasteiger partial charge < -0.3 is 19.7 Å². The average Bonchev–Trinajstić information content (AvgIpc) is 2.82. The summed E-state index contributed by atoms with van der Waals surface area (Å²) in [5.74, 6) is -1.77. The minimum Gasteiger partial charge on any atom is -0.447 e. The number of rotatable bonds is 6. The summed E-state index contributed by atoms with van der Waals surface area (Å²) < 4.78 is 11.0. The lowest BCUT2D eigenvalue weighted by atomic mass is 9.97. The van der Waals surface area contributed by atoms with Gasteiger partial charge in [0.2, 0.25) is 6.10 Å². The topological polar surface area (TPSA) is 128 Å². The Bertz CT molecular complexity index is 1120. The van der Waals surface area contributed by atoms with E-state index in [1.165, 1.54) is 12.1 Å². The number of hydrogen-bond acceptors (Lipinski definition) is 7. The number of benzene rings is 2. The van der Waals surface area contributed by atoms with Gasteiger partial charge in [-0.1, -0.05) is 36.4 Å². The van der Waals surface area contributed by atoms with Crippen molar-refractivity contribution >= 4 is 29.3 Å². The average molecular weight is 498 g/mol. The Morgan fingerprint density at radius 1 is 1.08 bits per heavy atom. The first-order valence-corrected chi connectivity index (χ1v) is 11.7. The van der Waals surface area contributed by atoms with Gasteiger partial charge in [-0.2, -0.15) is 0 Å². The van der Waals surface area contributed by atoms with Gasteiger partial charge in [-0.3, -0.25) is 19.7 Å². The summed E-state index contributed by atoms with van der Waals surface area (Å²) in [7, 11) is 0. The molecule has 3 rings (SSSR count). The van der Waals surface area contributed by atoms with Crippen molar-refractivity contribution in [3.05, 3.63) is 69.8 Å². The van der Waals surface area contributed by atoms with Crippen LogP contribution in [0.25, 0.3) is 0 Å². The van der Waals surface area contributed by atoms with E-state index in [1.807, 2.05) is 0 Å². The first-order chi connectivity index (χ1) is 16.9. The monoisotopic (exact) mass is 497 g/mol. The SMILES string of the molecule is Cc1ccc(NC(=O)C(OC(=O)C2CCN(C(=O)OC(C)(C)C)CC2)c2ccccc2)c([N+](=O)[O-])c1. The van der Waals surface area contributed by atoms with Crippen LogP contribution < -0.4 is 5.32 Å². The third kappa shape index (κ3) is 7.03. The maximum atomic E-state index is 13.2. The molecule has 2 aromatic carbocycles. The zero-order valence-corrected chi connectivity index (χ0v) is 20.9. The number of anilines is 1. The number of nitrogens with zero attached hydrogens (tertiary/aromatic N) is 2. The van der Waals surface area contributed by atoms with Crippen molar-refractivity contribution in [3.8, 4) is 0 Å². The van der Waals surface area contributed by atoms with Gasteiger partial charge in [-0.25, -0.2) is 4.79 Å². The highest BCUT2D eigenvalue weighted by atomic mass is 16.6. The summed E-state index contributed by atoms with van der Waals surface area (Å²) in [4.78, 5) is 50.9. The number of carbonyl (C=O) groups excluding carboxylic acids is 3. The molecule has 2 aromatic rings. The molecule has 0 spiro atoms. The first-order valence-electron chi connectivity index (χ1n) is 11.7. The third-order valence-corrected chi connectivity index (χ3v) is 5.66. The number of nitrogens with one attached hydrogen (secondary N) is 1. The molecule has 192 valence electrons. The molecule has 1 atom stereocenters. The van der Waals surface area contributed by atoms with Gasteiger partial charge >= 0.3 is 12.1 Å². The van der Waals surface area contributed by atoms with Crippen LogP contribution >= 0.6 is 0 Å². The summed E-state index contributed by atoms with van der Waals surface area (Å²) >= 11 is 0. The number of ether oxygens (including phenoxy) is 2. The molecule has 1 N–H and O–H groups in total. The van der Waals surface area contributed by atoms with Crippen LogP contribution in [0.5, 0.6) is 0 Å². The molecule has 1 heterocycles. The number of nitro groups is 1. The highest BCUT2D eigenvalue weighted by Crippen LogP contribution is 2.29. The van der Waals surface area contributed by atoms with Crippen LogP contribution in [-0.4, -0.2) is 46.5 Å². The van der Waals surface area contributed by atoms with E-state index >= 15 is 0 Å². The summed E-state index contributed by atoms with van der Waals surface area (Å²) in [5.41, 5.74) is 0.248. The Morgan fingerprint density at radius 2 is 1.72 bits per heavy atom. The quantitative estimate of drug-likeness (QED) is 0.346. The largest absolute Gasteiger partial charge is 0.447 e. The van der Waals surface area contributed by atoms with Crippen molar-refractivity contribution in [2.75, 3.05) is 18.4 Å². The molecule has 1 saturated heterocycles. The van der Waals surface area contributed by atoms with Gasteiger partial charge in [-0.05, 0) is 52.2 Å². The summed E-state index contributed by atoms with van der Waals surface area (Å²) in [6.45, 7) is 7.72. The molecule has 2 amide bonds. The van der Waals surface area contributed by atoms with Crippen molar-refractivity contribution in [2.24, 2.45) is 5.92 Å². The normalized spacial score (nSPS) is 15.1. The Morgan fingerprint density at radius 3 is 2.31 bits per heavy atom. The predicted octanol–water partition coefficient (Wildman–Crippen LogP) is 4.77. The maximum absolute atomic E-state index is 13.2. The summed E-state index contributed by atoms with van der Waals surface area (Å²) in [6, 6.07) is 12.9. The Hall–Kier alpha value is -3.95. The molecule has 1 aliphatic rings. The van der Waals surface area contributed by atoms with Crippen molar-refractivity contribution in [1.29, 1.82) is 0 Å². The third-order valence-electron chi connectivity index (χ3n) is 5.66. The molecule has 0 radical (unpaired) electrons. The smallest absolute Gasteiger partial charge is 0.410 e. The van der Waals surface area contributed by atoms with Gasteiger partial charge in [-0.15, -0.1) is 0 Å². The first kappa shape index (κ1) is 26.7. The summed E-state index contributed by atoms with van der Waals surface area (Å²) in [5, 5.41) is 14.0. The fraction of sp³-hybridized carbons (Fsp3) is 0.423. The molecular formula is C26H31N3O7. The lowest BCUT2D eigenvalue weighted by Gasteiger charge is -2.33. The Labute approximate surface area is 209 Å². The van der Waals surface area contributed by atoms with Crippen molar-refractivity contribution in [2.45, 2.75) is 52.2 Å². The molecule has 0 saturated carbocycles. The van der Waals surface area contributed by atoms with Gasteiger partial charge in [0.1, 0.15) is 11.3 Å². The van der Waals surface area contributed by atoms with Crippen LogP contribution in [0.15, 0.2) is 48.5 Å². The molecule has 10 nitrogen and oxygen atoms in total. The van der Waals surface area contributed by atoms with Crippen molar-refractivity contribution in [3.63, 3.8) is 0 Å².